The van der Waals surface area contributed by atoms with Crippen LogP contribution in [-0.2, 0) is 0 Å². The molecule has 8 heavy (non-hydrogen) atoms. The first kappa shape index (κ1) is 7.21. The first-order valence-electron chi connectivity index (χ1n) is 2.06. The minimum atomic E-state index is -0.198. The van der Waals surface area contributed by atoms with Crippen molar-refractivity contribution < 1.29 is 5.11 Å². The first-order valence-corrected chi connectivity index (χ1v) is 2.49. The van der Waals surface area contributed by atoms with Crippen LogP contribution in [0.5, 0.6) is 0 Å². The summed E-state index contributed by atoms with van der Waals surface area (Å²) in [7, 11) is 0. The molecular formula is C6H5ClO. The van der Waals surface area contributed by atoms with Crippen LogP contribution in [0.4, 0.5) is 0 Å². The van der Waals surface area contributed by atoms with E-state index in [-0.39, 0.29) is 5.38 Å². The summed E-state index contributed by atoms with van der Waals surface area (Å²) in [4.78, 5) is 0. The second kappa shape index (κ2) is 4.37. The van der Waals surface area contributed by atoms with Crippen molar-refractivity contribution in [2.24, 2.45) is 0 Å². The van der Waals surface area contributed by atoms with E-state index in [0.29, 0.717) is 0 Å². The average molecular weight is 129 g/mol. The summed E-state index contributed by atoms with van der Waals surface area (Å²) >= 11 is 5.39. The molecule has 0 saturated heterocycles. The third-order valence-electron chi connectivity index (χ3n) is 0.389. The normalized spacial score (nSPS) is 9.75. The summed E-state index contributed by atoms with van der Waals surface area (Å²) in [5.41, 5.74) is 0. The standard InChI is InChI=1S/C6H5ClO/c1-6(7)4-2-3-5-8/h6,8H,1H3. The Balaban J connectivity index is 3.62. The smallest absolute Gasteiger partial charge is 0.122 e. The van der Waals surface area contributed by atoms with Gasteiger partial charge in [0.25, 0.3) is 0 Å². The van der Waals surface area contributed by atoms with Gasteiger partial charge in [0.05, 0.1) is 5.38 Å². The van der Waals surface area contributed by atoms with E-state index in [9.17, 15) is 0 Å². The van der Waals surface area contributed by atoms with Crippen LogP contribution in [0.15, 0.2) is 0 Å². The van der Waals surface area contributed by atoms with Crippen molar-refractivity contribution in [3.05, 3.63) is 0 Å². The molecule has 0 aliphatic rings. The molecule has 1 atom stereocenters. The molecule has 0 aliphatic heterocycles. The maximum atomic E-state index is 7.87. The number of alkyl halides is 1. The molecule has 2 heteroatoms. The maximum absolute atomic E-state index is 7.87. The van der Waals surface area contributed by atoms with E-state index >= 15 is 0 Å². The molecule has 0 aliphatic carbocycles. The molecule has 0 aromatic rings. The van der Waals surface area contributed by atoms with Gasteiger partial charge in [-0.15, -0.1) is 11.6 Å². The molecule has 0 fully saturated rings. The van der Waals surface area contributed by atoms with E-state index in [4.69, 9.17) is 16.7 Å². The molecule has 0 radical (unpaired) electrons. The molecule has 1 unspecified atom stereocenters. The fourth-order valence-corrected chi connectivity index (χ4v) is 0.218. The summed E-state index contributed by atoms with van der Waals surface area (Å²) in [6, 6.07) is 0. The molecule has 1 N–H and O–H groups in total. The van der Waals surface area contributed by atoms with Crippen LogP contribution in [0.1, 0.15) is 6.92 Å². The number of rotatable bonds is 0. The molecule has 0 saturated carbocycles. The van der Waals surface area contributed by atoms with Crippen molar-refractivity contribution in [1.29, 1.82) is 0 Å². The van der Waals surface area contributed by atoms with Gasteiger partial charge in [-0.1, -0.05) is 5.92 Å². The Kier molecular flexibility index (Phi) is 3.94. The highest BCUT2D eigenvalue weighted by Gasteiger charge is 1.80. The van der Waals surface area contributed by atoms with Gasteiger partial charge in [-0.3, -0.25) is 0 Å². The van der Waals surface area contributed by atoms with E-state index < -0.39 is 0 Å². The predicted octanol–water partition coefficient (Wildman–Crippen LogP) is 0.951. The highest BCUT2D eigenvalue weighted by atomic mass is 35.5. The van der Waals surface area contributed by atoms with E-state index in [1.807, 2.05) is 0 Å². The molecular weight excluding hydrogens is 124 g/mol. The summed E-state index contributed by atoms with van der Waals surface area (Å²) in [6.45, 7) is 1.73. The van der Waals surface area contributed by atoms with Gasteiger partial charge in [0.15, 0.2) is 0 Å². The predicted molar refractivity (Wildman–Crippen MR) is 32.8 cm³/mol. The number of hydrogen-bond acceptors (Lipinski definition) is 1. The lowest BCUT2D eigenvalue weighted by atomic mass is 10.5. The SMILES string of the molecule is CC(Cl)C#CC#CO. The highest BCUT2D eigenvalue weighted by Crippen LogP contribution is 1.86. The molecule has 0 aromatic carbocycles. The van der Waals surface area contributed by atoms with Crippen molar-refractivity contribution in [3.63, 3.8) is 0 Å². The summed E-state index contributed by atoms with van der Waals surface area (Å²) < 4.78 is 0. The highest BCUT2D eigenvalue weighted by molar-refractivity contribution is 6.22. The molecule has 0 aromatic heterocycles. The minimum Gasteiger partial charge on any atom is -0.461 e. The van der Waals surface area contributed by atoms with Gasteiger partial charge in [0.1, 0.15) is 6.11 Å². The van der Waals surface area contributed by atoms with E-state index in [1.165, 1.54) is 0 Å². The average Bonchev–Trinajstić information content (AvgIpc) is 1.66. The van der Waals surface area contributed by atoms with Crippen LogP contribution < -0.4 is 0 Å². The van der Waals surface area contributed by atoms with Gasteiger partial charge in [-0.25, -0.2) is 0 Å². The zero-order valence-electron chi connectivity index (χ0n) is 4.40. The van der Waals surface area contributed by atoms with Gasteiger partial charge in [0, 0.05) is 5.92 Å². The zero-order valence-corrected chi connectivity index (χ0v) is 5.16. The largest absolute Gasteiger partial charge is 0.461 e. The molecule has 42 valence electrons. The fraction of sp³-hybridized carbons (Fsp3) is 0.333. The Morgan fingerprint density at radius 2 is 2.12 bits per heavy atom. The first-order chi connectivity index (χ1) is 3.77. The Bertz CT molecular complexity index is 162. The van der Waals surface area contributed by atoms with Crippen molar-refractivity contribution in [1.82, 2.24) is 0 Å². The van der Waals surface area contributed by atoms with E-state index in [2.05, 4.69) is 17.8 Å². The summed E-state index contributed by atoms with van der Waals surface area (Å²) in [5.74, 6) is 7.01. The number of aliphatic hydroxyl groups is 1. The zero-order chi connectivity index (χ0) is 6.41. The molecule has 1 nitrogen and oxygen atoms in total. The lowest BCUT2D eigenvalue weighted by Crippen LogP contribution is -1.79. The lowest BCUT2D eigenvalue weighted by molar-refractivity contribution is 0.517. The van der Waals surface area contributed by atoms with Gasteiger partial charge in [0.2, 0.25) is 0 Å². The van der Waals surface area contributed by atoms with Gasteiger partial charge >= 0.3 is 0 Å². The van der Waals surface area contributed by atoms with Crippen LogP contribution in [-0.4, -0.2) is 10.5 Å². The second-order valence-corrected chi connectivity index (χ2v) is 1.78. The van der Waals surface area contributed by atoms with Gasteiger partial charge < -0.3 is 5.11 Å². The lowest BCUT2D eigenvalue weighted by Gasteiger charge is -1.78. The van der Waals surface area contributed by atoms with E-state index in [0.717, 1.165) is 0 Å². The molecule has 0 heterocycles. The van der Waals surface area contributed by atoms with Crippen molar-refractivity contribution in [2.45, 2.75) is 12.3 Å². The van der Waals surface area contributed by atoms with Crippen LogP contribution >= 0.6 is 11.6 Å². The van der Waals surface area contributed by atoms with Crippen LogP contribution in [0.2, 0.25) is 0 Å². The fourth-order valence-electron chi connectivity index (χ4n) is 0.163. The van der Waals surface area contributed by atoms with Crippen LogP contribution in [0.3, 0.4) is 0 Å². The Morgan fingerprint density at radius 3 is 2.50 bits per heavy atom. The van der Waals surface area contributed by atoms with Gasteiger partial charge in [-0.05, 0) is 12.8 Å². The second-order valence-electron chi connectivity index (χ2n) is 1.12. The molecule has 0 amide bonds. The minimum absolute atomic E-state index is 0.198. The molecule has 0 spiro atoms. The Morgan fingerprint density at radius 1 is 1.50 bits per heavy atom. The quantitative estimate of drug-likeness (QED) is 0.381. The van der Waals surface area contributed by atoms with Crippen molar-refractivity contribution in [3.8, 4) is 23.9 Å². The maximum Gasteiger partial charge on any atom is 0.122 e. The summed E-state index contributed by atoms with van der Waals surface area (Å²) in [5, 5.41) is 7.67. The number of aliphatic hydroxyl groups excluding tert-OH is 1. The number of hydrogen-bond donors (Lipinski definition) is 1. The van der Waals surface area contributed by atoms with Crippen LogP contribution in [0.25, 0.3) is 0 Å². The van der Waals surface area contributed by atoms with Crippen molar-refractivity contribution in [2.75, 3.05) is 0 Å². The monoisotopic (exact) mass is 128 g/mol. The van der Waals surface area contributed by atoms with Gasteiger partial charge in [-0.2, -0.15) is 0 Å². The number of halogens is 1. The Labute approximate surface area is 53.7 Å². The third-order valence-corrected chi connectivity index (χ3v) is 0.499. The van der Waals surface area contributed by atoms with Crippen LogP contribution in [0, 0.1) is 23.9 Å². The molecule has 0 bridgehead atoms. The third kappa shape index (κ3) is 5.21. The van der Waals surface area contributed by atoms with E-state index in [1.54, 1.807) is 13.0 Å². The Hall–Kier alpha value is -0.790. The summed E-state index contributed by atoms with van der Waals surface area (Å²) in [6.07, 6.45) is 1.64. The van der Waals surface area contributed by atoms with Crippen molar-refractivity contribution >= 4 is 11.6 Å². The molecule has 0 rings (SSSR count). The topological polar surface area (TPSA) is 20.2 Å².